The van der Waals surface area contributed by atoms with Gasteiger partial charge in [0.1, 0.15) is 11.5 Å². The molecule has 0 saturated carbocycles. The number of hydrogen-bond donors (Lipinski definition) is 2. The third-order valence-electron chi connectivity index (χ3n) is 2.91. The summed E-state index contributed by atoms with van der Waals surface area (Å²) in [6.45, 7) is 3.79. The Morgan fingerprint density at radius 2 is 1.95 bits per heavy atom. The Hall–Kier alpha value is -2.36. The van der Waals surface area contributed by atoms with E-state index in [1.54, 1.807) is 12.1 Å². The van der Waals surface area contributed by atoms with E-state index >= 15 is 0 Å². The average molecular weight is 258 g/mol. The van der Waals surface area contributed by atoms with Gasteiger partial charge in [-0.05, 0) is 37.6 Å². The number of carbonyl (C=O) groups excluding carboxylic acids is 1. The molecule has 2 rings (SSSR count). The Morgan fingerprint density at radius 1 is 1.21 bits per heavy atom. The molecule has 0 bridgehead atoms. The van der Waals surface area contributed by atoms with Gasteiger partial charge in [0.15, 0.2) is 0 Å². The number of anilines is 2. The highest BCUT2D eigenvalue weighted by Crippen LogP contribution is 2.23. The van der Waals surface area contributed by atoms with E-state index in [9.17, 15) is 9.18 Å². The molecule has 98 valence electrons. The van der Waals surface area contributed by atoms with Gasteiger partial charge in [0.2, 0.25) is 0 Å². The van der Waals surface area contributed by atoms with Crippen molar-refractivity contribution in [3.05, 3.63) is 58.9 Å². The lowest BCUT2D eigenvalue weighted by Crippen LogP contribution is -2.15. The molecule has 0 saturated heterocycles. The molecule has 0 unspecified atom stereocenters. The van der Waals surface area contributed by atoms with Gasteiger partial charge in [0.05, 0.1) is 5.69 Å². The van der Waals surface area contributed by atoms with Crippen molar-refractivity contribution in [3.63, 3.8) is 0 Å². The first-order chi connectivity index (χ1) is 8.99. The summed E-state index contributed by atoms with van der Waals surface area (Å²) in [5.74, 6) is -0.910. The van der Waals surface area contributed by atoms with Crippen LogP contribution in [0.3, 0.4) is 0 Å². The van der Waals surface area contributed by atoms with Crippen molar-refractivity contribution < 1.29 is 9.18 Å². The topological polar surface area (TPSA) is 55.1 Å². The molecule has 2 aromatic rings. The lowest BCUT2D eigenvalue weighted by molar-refractivity contribution is 0.102. The fraction of sp³-hybridized carbons (Fsp3) is 0.133. The second-order valence-corrected chi connectivity index (χ2v) is 4.48. The Bertz CT molecular complexity index is 618. The molecular weight excluding hydrogens is 243 g/mol. The van der Waals surface area contributed by atoms with Crippen LogP contribution in [-0.4, -0.2) is 5.91 Å². The van der Waals surface area contributed by atoms with Gasteiger partial charge in [-0.2, -0.15) is 0 Å². The molecule has 1 amide bonds. The summed E-state index contributed by atoms with van der Waals surface area (Å²) in [5.41, 5.74) is 8.30. The molecule has 4 heteroatoms. The molecular formula is C15H15FN2O. The third kappa shape index (κ3) is 2.73. The number of nitrogen functional groups attached to an aromatic ring is 1. The van der Waals surface area contributed by atoms with Crippen LogP contribution in [0.4, 0.5) is 15.8 Å². The third-order valence-corrected chi connectivity index (χ3v) is 2.91. The highest BCUT2D eigenvalue weighted by Gasteiger charge is 2.13. The van der Waals surface area contributed by atoms with Gasteiger partial charge >= 0.3 is 0 Å². The second-order valence-electron chi connectivity index (χ2n) is 4.48. The summed E-state index contributed by atoms with van der Waals surface area (Å²) < 4.78 is 13.6. The van der Waals surface area contributed by atoms with Crippen molar-refractivity contribution in [2.45, 2.75) is 13.8 Å². The van der Waals surface area contributed by atoms with Crippen molar-refractivity contribution in [2.75, 3.05) is 11.1 Å². The summed E-state index contributed by atoms with van der Waals surface area (Å²) >= 11 is 0. The standard InChI is InChI=1S/C15H15FN2O/c1-9-6-7-11(10(2)8-9)15(19)18-14-12(16)4-3-5-13(14)17/h3-8H,17H2,1-2H3,(H,18,19). The summed E-state index contributed by atoms with van der Waals surface area (Å²) in [5, 5.41) is 2.52. The molecule has 19 heavy (non-hydrogen) atoms. The molecule has 0 radical (unpaired) electrons. The fourth-order valence-corrected chi connectivity index (χ4v) is 1.92. The molecule has 0 aromatic heterocycles. The van der Waals surface area contributed by atoms with Gasteiger partial charge in [-0.25, -0.2) is 4.39 Å². The minimum atomic E-state index is -0.543. The van der Waals surface area contributed by atoms with Crippen LogP contribution in [0.15, 0.2) is 36.4 Å². The first-order valence-electron chi connectivity index (χ1n) is 5.91. The number of rotatable bonds is 2. The van der Waals surface area contributed by atoms with Crippen LogP contribution in [-0.2, 0) is 0 Å². The van der Waals surface area contributed by atoms with Crippen molar-refractivity contribution in [2.24, 2.45) is 0 Å². The number of amides is 1. The first kappa shape index (κ1) is 13.1. The predicted octanol–water partition coefficient (Wildman–Crippen LogP) is 3.28. The maximum absolute atomic E-state index is 13.6. The summed E-state index contributed by atoms with van der Waals surface area (Å²) in [6, 6.07) is 9.76. The predicted molar refractivity (Wildman–Crippen MR) is 74.7 cm³/mol. The van der Waals surface area contributed by atoms with E-state index in [1.807, 2.05) is 26.0 Å². The van der Waals surface area contributed by atoms with E-state index in [4.69, 9.17) is 5.73 Å². The minimum absolute atomic E-state index is 0.0208. The maximum atomic E-state index is 13.6. The van der Waals surface area contributed by atoms with E-state index < -0.39 is 5.82 Å². The van der Waals surface area contributed by atoms with E-state index in [2.05, 4.69) is 5.32 Å². The van der Waals surface area contributed by atoms with Crippen molar-refractivity contribution in [1.29, 1.82) is 0 Å². The van der Waals surface area contributed by atoms with Gasteiger partial charge in [0.25, 0.3) is 5.91 Å². The maximum Gasteiger partial charge on any atom is 0.256 e. The van der Waals surface area contributed by atoms with Crippen LogP contribution in [0, 0.1) is 19.7 Å². The number of nitrogens with two attached hydrogens (primary N) is 1. The van der Waals surface area contributed by atoms with Crippen LogP contribution in [0.25, 0.3) is 0 Å². The molecule has 0 heterocycles. The summed E-state index contributed by atoms with van der Waals surface area (Å²) in [7, 11) is 0. The molecule has 3 nitrogen and oxygen atoms in total. The van der Waals surface area contributed by atoms with Gasteiger partial charge in [-0.1, -0.05) is 23.8 Å². The fourth-order valence-electron chi connectivity index (χ4n) is 1.92. The number of nitrogens with one attached hydrogen (secondary N) is 1. The van der Waals surface area contributed by atoms with Crippen LogP contribution in [0.5, 0.6) is 0 Å². The lowest BCUT2D eigenvalue weighted by Gasteiger charge is -2.11. The SMILES string of the molecule is Cc1ccc(C(=O)Nc2c(N)cccc2F)c(C)c1. The van der Waals surface area contributed by atoms with E-state index in [0.29, 0.717) is 5.56 Å². The normalized spacial score (nSPS) is 10.3. The Balaban J connectivity index is 2.31. The number of benzene rings is 2. The summed E-state index contributed by atoms with van der Waals surface area (Å²) in [4.78, 5) is 12.1. The van der Waals surface area contributed by atoms with Gasteiger partial charge in [-0.15, -0.1) is 0 Å². The van der Waals surface area contributed by atoms with Crippen LogP contribution in [0.2, 0.25) is 0 Å². The van der Waals surface area contributed by atoms with Crippen LogP contribution >= 0.6 is 0 Å². The zero-order chi connectivity index (χ0) is 14.0. The monoisotopic (exact) mass is 258 g/mol. The van der Waals surface area contributed by atoms with E-state index in [1.165, 1.54) is 12.1 Å². The zero-order valence-corrected chi connectivity index (χ0v) is 10.8. The van der Waals surface area contributed by atoms with Crippen LogP contribution < -0.4 is 11.1 Å². The van der Waals surface area contributed by atoms with E-state index in [0.717, 1.165) is 11.1 Å². The minimum Gasteiger partial charge on any atom is -0.397 e. The smallest absolute Gasteiger partial charge is 0.256 e. The van der Waals surface area contributed by atoms with Crippen molar-refractivity contribution in [1.82, 2.24) is 0 Å². The Kier molecular flexibility index (Phi) is 3.51. The lowest BCUT2D eigenvalue weighted by atomic mass is 10.1. The molecule has 3 N–H and O–H groups in total. The van der Waals surface area contributed by atoms with Crippen molar-refractivity contribution >= 4 is 17.3 Å². The van der Waals surface area contributed by atoms with Gasteiger partial charge in [0, 0.05) is 5.56 Å². The molecule has 0 atom stereocenters. The van der Waals surface area contributed by atoms with Gasteiger partial charge < -0.3 is 11.1 Å². The number of hydrogen-bond acceptors (Lipinski definition) is 2. The molecule has 0 aliphatic heterocycles. The number of para-hydroxylation sites is 1. The molecule has 0 spiro atoms. The van der Waals surface area contributed by atoms with Gasteiger partial charge in [-0.3, -0.25) is 4.79 Å². The average Bonchev–Trinajstić information content (AvgIpc) is 2.33. The number of halogens is 1. The molecule has 2 aromatic carbocycles. The highest BCUT2D eigenvalue weighted by atomic mass is 19.1. The Labute approximate surface area is 111 Å². The molecule has 0 aliphatic carbocycles. The molecule has 0 fully saturated rings. The van der Waals surface area contributed by atoms with Crippen molar-refractivity contribution in [3.8, 4) is 0 Å². The largest absolute Gasteiger partial charge is 0.397 e. The first-order valence-corrected chi connectivity index (χ1v) is 5.91. The second kappa shape index (κ2) is 5.10. The zero-order valence-electron chi connectivity index (χ0n) is 10.8. The number of aryl methyl sites for hydroxylation is 2. The summed E-state index contributed by atoms with van der Waals surface area (Å²) in [6.07, 6.45) is 0. The highest BCUT2D eigenvalue weighted by molar-refractivity contribution is 6.06. The molecule has 0 aliphatic rings. The number of carbonyl (C=O) groups is 1. The Morgan fingerprint density at radius 3 is 2.58 bits per heavy atom. The van der Waals surface area contributed by atoms with Crippen LogP contribution in [0.1, 0.15) is 21.5 Å². The van der Waals surface area contributed by atoms with E-state index in [-0.39, 0.29) is 17.3 Å². The quantitative estimate of drug-likeness (QED) is 0.812.